The molecule has 0 aliphatic heterocycles. The zero-order valence-electron chi connectivity index (χ0n) is 9.56. The predicted octanol–water partition coefficient (Wildman–Crippen LogP) is 2.62. The molecule has 1 rings (SSSR count). The molecule has 0 amide bonds. The Morgan fingerprint density at radius 2 is 1.89 bits per heavy atom. The number of hydrogen-bond acceptors (Lipinski definition) is 4. The van der Waals surface area contributed by atoms with Gasteiger partial charge in [0.05, 0.1) is 6.20 Å². The van der Waals surface area contributed by atoms with E-state index in [0.29, 0.717) is 12.7 Å². The van der Waals surface area contributed by atoms with Crippen LogP contribution in [0.1, 0.15) is 6.92 Å². The number of rotatable bonds is 5. The summed E-state index contributed by atoms with van der Waals surface area (Å²) in [6, 6.07) is 0. The first-order valence-corrected chi connectivity index (χ1v) is 5.01. The third-order valence-corrected chi connectivity index (χ3v) is 1.85. The van der Waals surface area contributed by atoms with Crippen molar-refractivity contribution in [3.63, 3.8) is 0 Å². The normalized spacial score (nSPS) is 12.4. The minimum atomic E-state index is -5.78. The average molecular weight is 289 g/mol. The summed E-state index contributed by atoms with van der Waals surface area (Å²) in [5, 5.41) is 2.52. The van der Waals surface area contributed by atoms with Crippen molar-refractivity contribution in [3.8, 4) is 5.88 Å². The number of ether oxygens (including phenoxy) is 1. The van der Waals surface area contributed by atoms with Crippen molar-refractivity contribution in [2.45, 2.75) is 19.0 Å². The van der Waals surface area contributed by atoms with E-state index >= 15 is 0 Å². The lowest BCUT2D eigenvalue weighted by Gasteiger charge is -2.19. The van der Waals surface area contributed by atoms with Gasteiger partial charge in [0.25, 0.3) is 5.88 Å². The summed E-state index contributed by atoms with van der Waals surface area (Å²) in [6.45, 7) is -0.0508. The highest BCUT2D eigenvalue weighted by atomic mass is 19.4. The Morgan fingerprint density at radius 3 is 2.42 bits per heavy atom. The number of nitrogens with zero attached hydrogens (tertiary/aromatic N) is 2. The Hall–Kier alpha value is -1.74. The van der Waals surface area contributed by atoms with Gasteiger partial charge < -0.3 is 10.1 Å². The minimum Gasteiger partial charge on any atom is -0.469 e. The van der Waals surface area contributed by atoms with E-state index in [1.165, 1.54) is 0 Å². The fourth-order valence-corrected chi connectivity index (χ4v) is 0.937. The molecular formula is C9H9F6N3O. The van der Waals surface area contributed by atoms with Crippen molar-refractivity contribution in [2.24, 2.45) is 0 Å². The molecule has 0 fully saturated rings. The number of aromatic nitrogens is 2. The highest BCUT2D eigenvalue weighted by molar-refractivity contribution is 5.28. The van der Waals surface area contributed by atoms with Gasteiger partial charge in [-0.25, -0.2) is 4.98 Å². The van der Waals surface area contributed by atoms with Crippen LogP contribution in [0.15, 0.2) is 6.20 Å². The van der Waals surface area contributed by atoms with Crippen molar-refractivity contribution in [1.29, 1.82) is 0 Å². The number of anilines is 1. The Morgan fingerprint density at radius 1 is 1.26 bits per heavy atom. The summed E-state index contributed by atoms with van der Waals surface area (Å²) in [7, 11) is 0. The molecule has 0 radical (unpaired) electrons. The molecule has 0 unspecified atom stereocenters. The van der Waals surface area contributed by atoms with Gasteiger partial charge in [-0.3, -0.25) is 0 Å². The zero-order chi connectivity index (χ0) is 14.7. The van der Waals surface area contributed by atoms with Gasteiger partial charge in [-0.05, 0) is 6.92 Å². The maximum Gasteiger partial charge on any atom is 0.456 e. The van der Waals surface area contributed by atoms with E-state index in [2.05, 4.69) is 20.0 Å². The summed E-state index contributed by atoms with van der Waals surface area (Å²) in [5.41, 5.74) is 0. The molecule has 0 saturated heterocycles. The molecule has 1 aromatic heterocycles. The van der Waals surface area contributed by atoms with Crippen molar-refractivity contribution < 1.29 is 31.1 Å². The monoisotopic (exact) mass is 289 g/mol. The third-order valence-electron chi connectivity index (χ3n) is 1.85. The van der Waals surface area contributed by atoms with Gasteiger partial charge in [0.2, 0.25) is 11.8 Å². The number of nitrogens with one attached hydrogen (secondary N) is 1. The molecule has 0 aliphatic carbocycles. The van der Waals surface area contributed by atoms with E-state index in [9.17, 15) is 26.3 Å². The second kappa shape index (κ2) is 5.49. The molecule has 1 N–H and O–H groups in total. The first-order valence-electron chi connectivity index (χ1n) is 5.01. The number of alkyl halides is 5. The minimum absolute atomic E-state index is 0.144. The van der Waals surface area contributed by atoms with Crippen molar-refractivity contribution in [1.82, 2.24) is 9.97 Å². The summed E-state index contributed by atoms with van der Waals surface area (Å²) in [5.74, 6) is -7.45. The van der Waals surface area contributed by atoms with E-state index in [1.807, 2.05) is 0 Å². The third kappa shape index (κ3) is 3.86. The van der Waals surface area contributed by atoms with E-state index in [-0.39, 0.29) is 5.95 Å². The van der Waals surface area contributed by atoms with Crippen LogP contribution in [-0.2, 0) is 0 Å². The molecular weight excluding hydrogens is 280 g/mol. The Bertz CT molecular complexity index is 436. The molecule has 1 heterocycles. The number of hydrogen-bond donors (Lipinski definition) is 1. The molecule has 1 aromatic rings. The SMILES string of the molecule is CCNc1ncc(F)c(OCC(F)(F)C(F)(F)F)n1. The molecule has 0 atom stereocenters. The summed E-state index contributed by atoms with van der Waals surface area (Å²) < 4.78 is 77.9. The molecule has 0 aliphatic rings. The molecule has 0 aromatic carbocycles. The van der Waals surface area contributed by atoms with Crippen LogP contribution in [0, 0.1) is 5.82 Å². The van der Waals surface area contributed by atoms with Gasteiger partial charge in [-0.1, -0.05) is 0 Å². The van der Waals surface area contributed by atoms with Gasteiger partial charge >= 0.3 is 12.1 Å². The molecule has 0 spiro atoms. The smallest absolute Gasteiger partial charge is 0.456 e. The van der Waals surface area contributed by atoms with Crippen LogP contribution in [0.4, 0.5) is 32.3 Å². The Balaban J connectivity index is 2.80. The van der Waals surface area contributed by atoms with E-state index in [4.69, 9.17) is 0 Å². The molecule has 4 nitrogen and oxygen atoms in total. The van der Waals surface area contributed by atoms with Crippen molar-refractivity contribution >= 4 is 5.95 Å². The first-order chi connectivity index (χ1) is 8.67. The van der Waals surface area contributed by atoms with Gasteiger partial charge in [0.15, 0.2) is 6.61 Å². The Labute approximate surface area is 103 Å². The lowest BCUT2D eigenvalue weighted by molar-refractivity contribution is -0.290. The topological polar surface area (TPSA) is 47.0 Å². The number of halogens is 6. The molecule has 19 heavy (non-hydrogen) atoms. The van der Waals surface area contributed by atoms with Gasteiger partial charge in [0.1, 0.15) is 0 Å². The standard InChI is InChI=1S/C9H9F6N3O/c1-2-16-7-17-3-5(10)6(18-7)19-4-8(11,12)9(13,14)15/h3H,2,4H2,1H3,(H,16,17,18). The summed E-state index contributed by atoms with van der Waals surface area (Å²) in [4.78, 5) is 6.76. The second-order valence-corrected chi connectivity index (χ2v) is 3.37. The van der Waals surface area contributed by atoms with Crippen molar-refractivity contribution in [3.05, 3.63) is 12.0 Å². The lowest BCUT2D eigenvalue weighted by atomic mass is 10.3. The fourth-order valence-electron chi connectivity index (χ4n) is 0.937. The van der Waals surface area contributed by atoms with E-state index < -0.39 is 30.4 Å². The van der Waals surface area contributed by atoms with E-state index in [0.717, 1.165) is 0 Å². The van der Waals surface area contributed by atoms with Crippen LogP contribution in [-0.4, -0.2) is 35.2 Å². The fraction of sp³-hybridized carbons (Fsp3) is 0.556. The average Bonchev–Trinajstić information content (AvgIpc) is 2.29. The highest BCUT2D eigenvalue weighted by Gasteiger charge is 2.58. The zero-order valence-corrected chi connectivity index (χ0v) is 9.56. The molecule has 0 bridgehead atoms. The van der Waals surface area contributed by atoms with Crippen LogP contribution in [0.2, 0.25) is 0 Å². The van der Waals surface area contributed by atoms with Gasteiger partial charge in [0, 0.05) is 6.54 Å². The quantitative estimate of drug-likeness (QED) is 0.846. The summed E-state index contributed by atoms with van der Waals surface area (Å²) >= 11 is 0. The van der Waals surface area contributed by atoms with Crippen LogP contribution in [0.25, 0.3) is 0 Å². The van der Waals surface area contributed by atoms with Crippen LogP contribution in [0.5, 0.6) is 5.88 Å². The summed E-state index contributed by atoms with van der Waals surface area (Å²) in [6.07, 6.45) is -5.17. The Kier molecular flexibility index (Phi) is 4.43. The largest absolute Gasteiger partial charge is 0.469 e. The van der Waals surface area contributed by atoms with Gasteiger partial charge in [-0.15, -0.1) is 0 Å². The second-order valence-electron chi connectivity index (χ2n) is 3.37. The maximum atomic E-state index is 13.1. The molecule has 0 saturated carbocycles. The first kappa shape index (κ1) is 15.3. The van der Waals surface area contributed by atoms with Gasteiger partial charge in [-0.2, -0.15) is 31.3 Å². The maximum absolute atomic E-state index is 13.1. The predicted molar refractivity (Wildman–Crippen MR) is 52.7 cm³/mol. The van der Waals surface area contributed by atoms with Crippen molar-refractivity contribution in [2.75, 3.05) is 18.5 Å². The van der Waals surface area contributed by atoms with Crippen LogP contribution >= 0.6 is 0 Å². The van der Waals surface area contributed by atoms with E-state index in [1.54, 1.807) is 6.92 Å². The highest BCUT2D eigenvalue weighted by Crippen LogP contribution is 2.35. The molecule has 10 heteroatoms. The lowest BCUT2D eigenvalue weighted by Crippen LogP contribution is -2.42. The molecule has 108 valence electrons. The van der Waals surface area contributed by atoms with Crippen LogP contribution < -0.4 is 10.1 Å². The van der Waals surface area contributed by atoms with Crippen LogP contribution in [0.3, 0.4) is 0 Å².